The van der Waals surface area contributed by atoms with Crippen molar-refractivity contribution in [2.75, 3.05) is 19.8 Å². The van der Waals surface area contributed by atoms with E-state index in [-0.39, 0.29) is 51.8 Å². The molecule has 3 saturated carbocycles. The van der Waals surface area contributed by atoms with Crippen molar-refractivity contribution in [1.29, 1.82) is 0 Å². The summed E-state index contributed by atoms with van der Waals surface area (Å²) >= 11 is 0. The van der Waals surface area contributed by atoms with Gasteiger partial charge in [-0.25, -0.2) is 0 Å². The summed E-state index contributed by atoms with van der Waals surface area (Å²) in [7, 11) is 0. The highest BCUT2D eigenvalue weighted by Crippen LogP contribution is 2.75. The average molecular weight is 963 g/mol. The van der Waals surface area contributed by atoms with Crippen molar-refractivity contribution in [3.05, 3.63) is 11.6 Å². The minimum Gasteiger partial charge on any atom is -0.394 e. The van der Waals surface area contributed by atoms with Gasteiger partial charge in [0.05, 0.1) is 43.7 Å². The Balaban J connectivity index is 1.10. The molecular weight excluding hydrogens is 881 g/mol. The van der Waals surface area contributed by atoms with Gasteiger partial charge >= 0.3 is 0 Å². The highest BCUT2D eigenvalue weighted by molar-refractivity contribution is 5.31. The number of rotatable bonds is 14. The Hall–Kier alpha value is -1.02. The van der Waals surface area contributed by atoms with Crippen LogP contribution >= 0.6 is 0 Å². The summed E-state index contributed by atoms with van der Waals surface area (Å²) in [5.74, 6) is 0.678. The maximum Gasteiger partial charge on any atom is 0.187 e. The van der Waals surface area contributed by atoms with E-state index in [1.807, 2.05) is 0 Å². The van der Waals surface area contributed by atoms with Crippen molar-refractivity contribution in [2.45, 2.75) is 223 Å². The van der Waals surface area contributed by atoms with Crippen molar-refractivity contribution in [3.63, 3.8) is 0 Å². The van der Waals surface area contributed by atoms with E-state index >= 15 is 0 Å². The fourth-order valence-electron chi connectivity index (χ4n) is 14.1. The minimum absolute atomic E-state index is 0.0795. The zero-order chi connectivity index (χ0) is 49.5. The lowest BCUT2D eigenvalue weighted by molar-refractivity contribution is -0.380. The Kier molecular flexibility index (Phi) is 15.9. The van der Waals surface area contributed by atoms with E-state index in [4.69, 9.17) is 28.4 Å². The molecule has 0 bridgehead atoms. The Morgan fingerprint density at radius 2 is 1.24 bits per heavy atom. The Morgan fingerprint density at radius 3 is 1.84 bits per heavy atom. The first-order valence-electron chi connectivity index (χ1n) is 24.5. The Morgan fingerprint density at radius 1 is 0.672 bits per heavy atom. The van der Waals surface area contributed by atoms with Crippen molar-refractivity contribution >= 4 is 0 Å². The van der Waals surface area contributed by atoms with Crippen LogP contribution in [0.5, 0.6) is 0 Å². The quantitative estimate of drug-likeness (QED) is 0.0924. The van der Waals surface area contributed by atoms with Gasteiger partial charge in [0.1, 0.15) is 73.2 Å². The van der Waals surface area contributed by atoms with Gasteiger partial charge in [-0.2, -0.15) is 0 Å². The third-order valence-electron chi connectivity index (χ3n) is 18.7. The van der Waals surface area contributed by atoms with Crippen molar-refractivity contribution in [2.24, 2.45) is 45.3 Å². The maximum absolute atomic E-state index is 12.4. The van der Waals surface area contributed by atoms with E-state index in [9.17, 15) is 66.4 Å². The molecule has 0 spiro atoms. The molecule has 25 atom stereocenters. The molecule has 0 aromatic heterocycles. The number of fused-ring (bicyclic) bond motifs is 5. The van der Waals surface area contributed by atoms with Gasteiger partial charge < -0.3 is 94.8 Å². The van der Waals surface area contributed by atoms with E-state index in [0.29, 0.717) is 19.3 Å². The van der Waals surface area contributed by atoms with Crippen LogP contribution in [0.15, 0.2) is 11.6 Å². The highest BCUT2D eigenvalue weighted by atomic mass is 16.8. The fraction of sp³-hybridized carbons (Fsp3) is 0.958. The Labute approximate surface area is 393 Å². The van der Waals surface area contributed by atoms with E-state index in [0.717, 1.165) is 25.7 Å². The molecule has 13 N–H and O–H groups in total. The molecular formula is C48H82O19. The van der Waals surface area contributed by atoms with Crippen LogP contribution in [-0.4, -0.2) is 202 Å². The summed E-state index contributed by atoms with van der Waals surface area (Å²) in [6, 6.07) is 0. The van der Waals surface area contributed by atoms with Gasteiger partial charge in [-0.05, 0) is 99.7 Å². The number of aliphatic hydroxyl groups excluding tert-OH is 12. The average Bonchev–Trinajstić information content (AvgIpc) is 3.54. The van der Waals surface area contributed by atoms with Gasteiger partial charge in [0.15, 0.2) is 18.9 Å². The van der Waals surface area contributed by atoms with Crippen LogP contribution in [0.25, 0.3) is 0 Å². The first kappa shape index (κ1) is 53.8. The summed E-state index contributed by atoms with van der Waals surface area (Å²) < 4.78 is 35.5. The van der Waals surface area contributed by atoms with Crippen LogP contribution in [0.3, 0.4) is 0 Å². The second kappa shape index (κ2) is 19.8. The van der Waals surface area contributed by atoms with Gasteiger partial charge in [-0.15, -0.1) is 0 Å². The lowest BCUT2D eigenvalue weighted by atomic mass is 9.38. The lowest BCUT2D eigenvalue weighted by Gasteiger charge is -2.67. The number of ether oxygens (including phenoxy) is 6. The van der Waals surface area contributed by atoms with Crippen molar-refractivity contribution in [1.82, 2.24) is 0 Å². The molecule has 0 amide bonds. The molecule has 0 radical (unpaired) electrons. The van der Waals surface area contributed by atoms with E-state index in [1.165, 1.54) is 5.57 Å². The summed E-state index contributed by atoms with van der Waals surface area (Å²) in [4.78, 5) is 0. The Bertz CT molecular complexity index is 1710. The third kappa shape index (κ3) is 9.24. The van der Waals surface area contributed by atoms with Gasteiger partial charge in [0.2, 0.25) is 0 Å². The molecule has 3 aliphatic heterocycles. The fourth-order valence-corrected chi connectivity index (χ4v) is 14.1. The standard InChI is InChI=1S/C48H82O19/c1-21(22-15-16-46(6)28-12-10-23-24(11-13-29(51)44(23,2)3)48(28,8)30(52)17-47(22,46)7)9-14-31(45(4,5)61)66-43-40(67-42-39(60)36(57)33(54)26(19-50)64-42)37(58)34(55)27(65-43)20-62-41-38(59)35(56)32(53)25(18-49)63-41/h10,21-22,24-43,49-61H,9,11-20H2,1-8H3. The second-order valence-electron chi connectivity index (χ2n) is 23.1. The number of aliphatic hydroxyl groups is 13. The molecule has 0 aromatic rings. The topological polar surface area (TPSA) is 318 Å². The summed E-state index contributed by atoms with van der Waals surface area (Å²) in [6.07, 6.45) is -19.2. The normalized spacial score (nSPS) is 51.0. The molecule has 7 rings (SSSR count). The molecule has 7 aliphatic rings. The largest absolute Gasteiger partial charge is 0.394 e. The van der Waals surface area contributed by atoms with Crippen LogP contribution in [0.1, 0.15) is 107 Å². The van der Waals surface area contributed by atoms with Gasteiger partial charge in [0.25, 0.3) is 0 Å². The van der Waals surface area contributed by atoms with E-state index in [2.05, 4.69) is 47.6 Å². The minimum atomic E-state index is -1.90. The SMILES string of the molecule is CC(CCC(OC1OC(COC2OC(CO)C(O)C(O)C2O)C(O)C(O)C1OC1OC(CO)C(O)C(O)C1O)C(C)(C)O)C1CCC2(C)C3CC=C4C(CCC(O)C4(C)C)C3(C)C(O)CC12C. The number of hydrogen-bond donors (Lipinski definition) is 13. The molecule has 3 saturated heterocycles. The molecule has 3 heterocycles. The van der Waals surface area contributed by atoms with E-state index in [1.54, 1.807) is 13.8 Å². The maximum atomic E-state index is 12.4. The summed E-state index contributed by atoms with van der Waals surface area (Å²) in [5, 5.41) is 141. The van der Waals surface area contributed by atoms with Crippen LogP contribution in [0.2, 0.25) is 0 Å². The molecule has 25 unspecified atom stereocenters. The van der Waals surface area contributed by atoms with Crippen molar-refractivity contribution in [3.8, 4) is 0 Å². The highest BCUT2D eigenvalue weighted by Gasteiger charge is 2.70. The van der Waals surface area contributed by atoms with Crippen molar-refractivity contribution < 1.29 is 94.8 Å². The molecule has 4 aliphatic carbocycles. The molecule has 67 heavy (non-hydrogen) atoms. The first-order valence-corrected chi connectivity index (χ1v) is 24.5. The zero-order valence-electron chi connectivity index (χ0n) is 40.3. The zero-order valence-corrected chi connectivity index (χ0v) is 40.3. The molecule has 0 aromatic carbocycles. The van der Waals surface area contributed by atoms with E-state index < -0.39 is 136 Å². The second-order valence-corrected chi connectivity index (χ2v) is 23.1. The monoisotopic (exact) mass is 963 g/mol. The third-order valence-corrected chi connectivity index (χ3v) is 18.7. The molecule has 6 fully saturated rings. The van der Waals surface area contributed by atoms with Crippen LogP contribution in [0, 0.1) is 45.3 Å². The molecule has 19 nitrogen and oxygen atoms in total. The summed E-state index contributed by atoms with van der Waals surface area (Å²) in [6.45, 7) is 14.4. The van der Waals surface area contributed by atoms with Crippen LogP contribution in [-0.2, 0) is 28.4 Å². The lowest BCUT2D eigenvalue weighted by Crippen LogP contribution is -2.65. The van der Waals surface area contributed by atoms with Gasteiger partial charge in [0, 0.05) is 10.8 Å². The predicted molar refractivity (Wildman–Crippen MR) is 235 cm³/mol. The smallest absolute Gasteiger partial charge is 0.187 e. The van der Waals surface area contributed by atoms with Gasteiger partial charge in [-0.3, -0.25) is 0 Å². The predicted octanol–water partition coefficient (Wildman–Crippen LogP) is -1.06. The first-order chi connectivity index (χ1) is 31.2. The van der Waals surface area contributed by atoms with Crippen LogP contribution < -0.4 is 0 Å². The molecule has 19 heteroatoms. The molecule has 388 valence electrons. The van der Waals surface area contributed by atoms with Gasteiger partial charge in [-0.1, -0.05) is 53.2 Å². The van der Waals surface area contributed by atoms with Crippen LogP contribution in [0.4, 0.5) is 0 Å². The number of hydrogen-bond acceptors (Lipinski definition) is 19. The number of allylic oxidation sites excluding steroid dienone is 1. The summed E-state index contributed by atoms with van der Waals surface area (Å²) in [5.41, 5.74) is -1.32.